The second kappa shape index (κ2) is 9.66. The Kier molecular flexibility index (Phi) is 7.23. The fraction of sp³-hybridized carbons (Fsp3) is 0.625. The molecule has 3 unspecified atom stereocenters. The molecule has 1 aromatic rings. The van der Waals surface area contributed by atoms with Crippen molar-refractivity contribution in [1.29, 1.82) is 0 Å². The van der Waals surface area contributed by atoms with E-state index in [0.29, 0.717) is 31.8 Å². The fourth-order valence-corrected chi connectivity index (χ4v) is 5.59. The molecular formula is C24H34NO4+. The summed E-state index contributed by atoms with van der Waals surface area (Å²) >= 11 is 0. The molecule has 0 radical (unpaired) electrons. The summed E-state index contributed by atoms with van der Waals surface area (Å²) in [6, 6.07) is 8.69. The Morgan fingerprint density at radius 3 is 2.34 bits per heavy atom. The summed E-state index contributed by atoms with van der Waals surface area (Å²) in [7, 11) is 0. The molecule has 5 nitrogen and oxygen atoms in total. The molecule has 1 aliphatic carbocycles. The number of carbonyl (C=O) groups is 3. The van der Waals surface area contributed by atoms with Gasteiger partial charge >= 0.3 is 11.9 Å². The highest BCUT2D eigenvalue weighted by molar-refractivity contribution is 6.33. The van der Waals surface area contributed by atoms with Gasteiger partial charge in [-0.15, -0.1) is 0 Å². The maximum atomic E-state index is 13.4. The number of carboxylic acids is 1. The molecule has 5 heteroatoms. The van der Waals surface area contributed by atoms with Gasteiger partial charge < -0.3 is 5.11 Å². The van der Waals surface area contributed by atoms with Crippen molar-refractivity contribution >= 4 is 17.7 Å². The van der Waals surface area contributed by atoms with Crippen LogP contribution < -0.4 is 0 Å². The number of aliphatic carboxylic acids is 1. The van der Waals surface area contributed by atoms with Gasteiger partial charge in [-0.05, 0) is 24.3 Å². The number of likely N-dealkylation sites (tertiary alicyclic amines) is 1. The maximum Gasteiger partial charge on any atom is 0.382 e. The summed E-state index contributed by atoms with van der Waals surface area (Å²) in [6.07, 6.45) is 8.28. The molecule has 1 saturated heterocycles. The van der Waals surface area contributed by atoms with Crippen molar-refractivity contribution in [3.8, 4) is 0 Å². The first-order chi connectivity index (χ1) is 14.0. The Hall–Kier alpha value is -2.01. The first-order valence-corrected chi connectivity index (χ1v) is 11.2. The van der Waals surface area contributed by atoms with E-state index in [4.69, 9.17) is 0 Å². The lowest BCUT2D eigenvalue weighted by atomic mass is 9.85. The van der Waals surface area contributed by atoms with Crippen molar-refractivity contribution in [3.63, 3.8) is 0 Å². The van der Waals surface area contributed by atoms with Gasteiger partial charge in [0.15, 0.2) is 0 Å². The number of rotatable bonds is 8. The lowest BCUT2D eigenvalue weighted by Crippen LogP contribution is -2.62. The van der Waals surface area contributed by atoms with E-state index in [1.54, 1.807) is 0 Å². The zero-order valence-electron chi connectivity index (χ0n) is 17.5. The summed E-state index contributed by atoms with van der Waals surface area (Å²) in [6.45, 7) is 2.79. The Morgan fingerprint density at radius 2 is 1.72 bits per heavy atom. The number of Topliss-reactive ketones (excluding diaryl/α,β-unsaturated/α-hetero) is 1. The van der Waals surface area contributed by atoms with Crippen LogP contribution in [-0.4, -0.2) is 46.4 Å². The number of ketones is 1. The van der Waals surface area contributed by atoms with Crippen LogP contribution in [0.3, 0.4) is 0 Å². The number of benzene rings is 1. The second-order valence-electron chi connectivity index (χ2n) is 8.84. The number of nitrogens with zero attached hydrogens (tertiary/aromatic N) is 1. The molecule has 2 fully saturated rings. The topological polar surface area (TPSA) is 71.4 Å². The van der Waals surface area contributed by atoms with Gasteiger partial charge in [0.25, 0.3) is 5.78 Å². The SMILES string of the molecule is CCC[N+]1(C(=O)C(=O)CCC2CCCCC2)CCC(c2ccccc2)C1C(=O)O. The van der Waals surface area contributed by atoms with Crippen molar-refractivity contribution in [1.82, 2.24) is 0 Å². The molecule has 29 heavy (non-hydrogen) atoms. The van der Waals surface area contributed by atoms with Crippen LogP contribution >= 0.6 is 0 Å². The van der Waals surface area contributed by atoms with Crippen LogP contribution in [0.25, 0.3) is 0 Å². The van der Waals surface area contributed by atoms with Gasteiger partial charge in [0, 0.05) is 12.8 Å². The van der Waals surface area contributed by atoms with Gasteiger partial charge in [0.1, 0.15) is 0 Å². The van der Waals surface area contributed by atoms with Gasteiger partial charge in [-0.2, -0.15) is 0 Å². The molecule has 158 valence electrons. The van der Waals surface area contributed by atoms with Crippen molar-refractivity contribution in [2.45, 2.75) is 76.7 Å². The minimum atomic E-state index is -0.974. The number of hydrogen-bond acceptors (Lipinski definition) is 3. The quantitative estimate of drug-likeness (QED) is 0.521. The van der Waals surface area contributed by atoms with Crippen LogP contribution in [-0.2, 0) is 14.4 Å². The third kappa shape index (κ3) is 4.61. The predicted molar refractivity (Wildman–Crippen MR) is 111 cm³/mol. The molecule has 0 spiro atoms. The highest BCUT2D eigenvalue weighted by Crippen LogP contribution is 2.40. The number of carbonyl (C=O) groups excluding carboxylic acids is 2. The predicted octanol–water partition coefficient (Wildman–Crippen LogP) is 4.31. The number of amides is 1. The Labute approximate surface area is 173 Å². The molecular weight excluding hydrogens is 366 g/mol. The van der Waals surface area contributed by atoms with Crippen LogP contribution in [0.15, 0.2) is 30.3 Å². The standard InChI is InChI=1S/C24H33NO4/c1-2-16-25(23(27)21(26)14-13-18-9-5-3-6-10-18)17-15-20(22(25)24(28)29)19-11-7-4-8-12-19/h4,7-8,11-12,18,20,22H,2-3,5-6,9-10,13-17H2,1H3/p+1. The zero-order valence-corrected chi connectivity index (χ0v) is 17.5. The van der Waals surface area contributed by atoms with Gasteiger partial charge in [0.2, 0.25) is 6.04 Å². The van der Waals surface area contributed by atoms with Gasteiger partial charge in [-0.25, -0.2) is 14.1 Å². The average Bonchev–Trinajstić information content (AvgIpc) is 3.13. The van der Waals surface area contributed by atoms with Crippen molar-refractivity contribution in [2.24, 2.45) is 5.92 Å². The van der Waals surface area contributed by atoms with Crippen molar-refractivity contribution in [3.05, 3.63) is 35.9 Å². The lowest BCUT2D eigenvalue weighted by molar-refractivity contribution is -0.855. The smallest absolute Gasteiger partial charge is 0.382 e. The average molecular weight is 401 g/mol. The summed E-state index contributed by atoms with van der Waals surface area (Å²) < 4.78 is -0.213. The molecule has 1 aliphatic heterocycles. The van der Waals surface area contributed by atoms with Gasteiger partial charge in [0.05, 0.1) is 19.0 Å². The molecule has 1 saturated carbocycles. The monoisotopic (exact) mass is 400 g/mol. The van der Waals surface area contributed by atoms with Gasteiger partial charge in [-0.1, -0.05) is 69.4 Å². The van der Waals surface area contributed by atoms with Crippen LogP contribution in [0.1, 0.15) is 76.2 Å². The highest BCUT2D eigenvalue weighted by atomic mass is 16.4. The molecule has 1 amide bonds. The van der Waals surface area contributed by atoms with Crippen molar-refractivity contribution < 1.29 is 24.0 Å². The minimum absolute atomic E-state index is 0.213. The summed E-state index contributed by atoms with van der Waals surface area (Å²) in [5.41, 5.74) is 0.943. The van der Waals surface area contributed by atoms with E-state index >= 15 is 0 Å². The molecule has 2 aliphatic rings. The van der Waals surface area contributed by atoms with E-state index in [0.717, 1.165) is 24.8 Å². The van der Waals surface area contributed by atoms with Crippen LogP contribution in [0.5, 0.6) is 0 Å². The Bertz CT molecular complexity index is 726. The summed E-state index contributed by atoms with van der Waals surface area (Å²) in [5.74, 6) is -1.53. The molecule has 0 bridgehead atoms. The zero-order chi connectivity index (χ0) is 20.9. The largest absolute Gasteiger partial charge is 0.477 e. The summed E-state index contributed by atoms with van der Waals surface area (Å²) in [4.78, 5) is 38.6. The van der Waals surface area contributed by atoms with E-state index in [9.17, 15) is 19.5 Å². The minimum Gasteiger partial charge on any atom is -0.477 e. The first-order valence-electron chi connectivity index (χ1n) is 11.2. The van der Waals surface area contributed by atoms with E-state index in [2.05, 4.69) is 0 Å². The highest BCUT2D eigenvalue weighted by Gasteiger charge is 2.58. The molecule has 3 atom stereocenters. The van der Waals surface area contributed by atoms with Crippen molar-refractivity contribution in [2.75, 3.05) is 13.1 Å². The summed E-state index contributed by atoms with van der Waals surface area (Å²) in [5, 5.41) is 10.1. The van der Waals surface area contributed by atoms with E-state index in [1.807, 2.05) is 37.3 Å². The third-order valence-corrected chi connectivity index (χ3v) is 7.00. The van der Waals surface area contributed by atoms with Crippen LogP contribution in [0.4, 0.5) is 0 Å². The second-order valence-corrected chi connectivity index (χ2v) is 8.84. The maximum absolute atomic E-state index is 13.4. The lowest BCUT2D eigenvalue weighted by Gasteiger charge is -2.36. The third-order valence-electron chi connectivity index (χ3n) is 7.00. The Morgan fingerprint density at radius 1 is 1.03 bits per heavy atom. The van der Waals surface area contributed by atoms with E-state index < -0.39 is 17.9 Å². The number of quaternary nitrogens is 1. The number of carboxylic acid groups (broad SMARTS) is 1. The normalized spacial score (nSPS) is 27.6. The number of hydrogen-bond donors (Lipinski definition) is 1. The van der Waals surface area contributed by atoms with E-state index in [1.165, 1.54) is 19.3 Å². The first kappa shape index (κ1) is 21.7. The molecule has 1 heterocycles. The van der Waals surface area contributed by atoms with Gasteiger partial charge in [-0.3, -0.25) is 4.79 Å². The molecule has 1 N–H and O–H groups in total. The Balaban J connectivity index is 1.80. The van der Waals surface area contributed by atoms with E-state index in [-0.39, 0.29) is 22.6 Å². The molecule has 0 aromatic heterocycles. The molecule has 3 rings (SSSR count). The molecule has 1 aromatic carbocycles. The van der Waals surface area contributed by atoms with Crippen LogP contribution in [0.2, 0.25) is 0 Å². The van der Waals surface area contributed by atoms with Crippen LogP contribution in [0, 0.1) is 5.92 Å². The fourth-order valence-electron chi connectivity index (χ4n) is 5.59.